The first kappa shape index (κ1) is 17.6. The molecule has 0 aliphatic carbocycles. The number of nitrogens with one attached hydrogen (secondary N) is 1. The lowest BCUT2D eigenvalue weighted by molar-refractivity contribution is 0.144. The average Bonchev–Trinajstić information content (AvgIpc) is 2.91. The number of thiocarbonyl (C=S) groups is 1. The Hall–Kier alpha value is -1.18. The number of sulfone groups is 1. The molecule has 2 aliphatic rings. The molecule has 5 nitrogen and oxygen atoms in total. The lowest BCUT2D eigenvalue weighted by Crippen LogP contribution is -2.53. The summed E-state index contributed by atoms with van der Waals surface area (Å²) < 4.78 is 23.3. The quantitative estimate of drug-likeness (QED) is 0.805. The Bertz CT molecular complexity index is 725. The van der Waals surface area contributed by atoms with E-state index in [1.807, 2.05) is 0 Å². The van der Waals surface area contributed by atoms with Crippen molar-refractivity contribution in [1.82, 2.24) is 9.80 Å². The van der Waals surface area contributed by atoms with Gasteiger partial charge in [-0.1, -0.05) is 12.1 Å². The summed E-state index contributed by atoms with van der Waals surface area (Å²) in [6, 6.07) is 6.50. The van der Waals surface area contributed by atoms with E-state index in [0.29, 0.717) is 11.5 Å². The first-order chi connectivity index (χ1) is 11.3. The summed E-state index contributed by atoms with van der Waals surface area (Å²) >= 11 is 5.57. The van der Waals surface area contributed by atoms with Crippen molar-refractivity contribution in [3.63, 3.8) is 0 Å². The highest BCUT2D eigenvalue weighted by atomic mass is 32.2. The molecule has 2 fully saturated rings. The van der Waals surface area contributed by atoms with Gasteiger partial charge < -0.3 is 10.2 Å². The van der Waals surface area contributed by atoms with E-state index in [0.717, 1.165) is 43.4 Å². The van der Waals surface area contributed by atoms with Crippen molar-refractivity contribution in [2.75, 3.05) is 43.0 Å². The Kier molecular flexibility index (Phi) is 5.13. The van der Waals surface area contributed by atoms with Gasteiger partial charge in [-0.15, -0.1) is 0 Å². The molecule has 3 rings (SSSR count). The summed E-state index contributed by atoms with van der Waals surface area (Å²) in [5.74, 6) is 0.655. The van der Waals surface area contributed by atoms with Gasteiger partial charge in [0.15, 0.2) is 14.9 Å². The van der Waals surface area contributed by atoms with Gasteiger partial charge in [0.2, 0.25) is 0 Å². The van der Waals surface area contributed by atoms with Crippen molar-refractivity contribution in [3.8, 4) is 0 Å². The van der Waals surface area contributed by atoms with E-state index in [-0.39, 0.29) is 6.04 Å². The second kappa shape index (κ2) is 6.98. The van der Waals surface area contributed by atoms with E-state index in [9.17, 15) is 8.42 Å². The summed E-state index contributed by atoms with van der Waals surface area (Å²) in [5.41, 5.74) is 3.44. The number of nitrogens with zero attached hydrogens (tertiary/aromatic N) is 2. The summed E-state index contributed by atoms with van der Waals surface area (Å²) in [6.45, 7) is 7.56. The van der Waals surface area contributed by atoms with Crippen LogP contribution in [0.2, 0.25) is 0 Å². The number of hydrogen-bond acceptors (Lipinski definition) is 4. The molecule has 0 radical (unpaired) electrons. The van der Waals surface area contributed by atoms with Gasteiger partial charge in [0, 0.05) is 37.9 Å². The Morgan fingerprint density at radius 3 is 2.54 bits per heavy atom. The number of rotatable bonds is 2. The molecule has 1 N–H and O–H groups in total. The lowest BCUT2D eigenvalue weighted by atomic mass is 10.1. The van der Waals surface area contributed by atoms with Crippen molar-refractivity contribution in [2.24, 2.45) is 0 Å². The largest absolute Gasteiger partial charge is 0.346 e. The molecule has 132 valence electrons. The van der Waals surface area contributed by atoms with Gasteiger partial charge in [-0.3, -0.25) is 4.90 Å². The second-order valence-corrected chi connectivity index (χ2v) is 9.44. The fraction of sp³-hybridized carbons (Fsp3) is 0.588. The third kappa shape index (κ3) is 4.07. The van der Waals surface area contributed by atoms with Crippen LogP contribution in [0.15, 0.2) is 18.2 Å². The molecule has 0 amide bonds. The topological polar surface area (TPSA) is 52.6 Å². The Labute approximate surface area is 149 Å². The molecular formula is C17H25N3O2S2. The molecule has 0 bridgehead atoms. The Morgan fingerprint density at radius 1 is 1.21 bits per heavy atom. The molecule has 0 unspecified atom stereocenters. The SMILES string of the molecule is Cc1ccc(C)c(NC(=S)N2CCN([C@@H]3CCS(=O)(=O)C3)CC2)c1. The molecule has 1 aromatic carbocycles. The average molecular weight is 368 g/mol. The first-order valence-corrected chi connectivity index (χ1v) is 10.6. The fourth-order valence-corrected chi connectivity index (χ4v) is 5.47. The van der Waals surface area contributed by atoms with Crippen LogP contribution in [0, 0.1) is 13.8 Å². The smallest absolute Gasteiger partial charge is 0.173 e. The van der Waals surface area contributed by atoms with Crippen LogP contribution in [0.25, 0.3) is 0 Å². The number of piperazine rings is 1. The van der Waals surface area contributed by atoms with Gasteiger partial charge >= 0.3 is 0 Å². The maximum absolute atomic E-state index is 11.7. The van der Waals surface area contributed by atoms with Gasteiger partial charge in [0.25, 0.3) is 0 Å². The maximum Gasteiger partial charge on any atom is 0.173 e. The fourth-order valence-electron chi connectivity index (χ4n) is 3.42. The van der Waals surface area contributed by atoms with Crippen LogP contribution in [0.3, 0.4) is 0 Å². The van der Waals surface area contributed by atoms with E-state index in [1.54, 1.807) is 0 Å². The van der Waals surface area contributed by atoms with Crippen molar-refractivity contribution in [1.29, 1.82) is 0 Å². The van der Waals surface area contributed by atoms with Crippen LogP contribution in [0.1, 0.15) is 17.5 Å². The zero-order chi connectivity index (χ0) is 17.3. The van der Waals surface area contributed by atoms with Crippen molar-refractivity contribution >= 4 is 32.9 Å². The Balaban J connectivity index is 1.55. The second-order valence-electron chi connectivity index (χ2n) is 6.83. The van der Waals surface area contributed by atoms with Crippen LogP contribution in [0.5, 0.6) is 0 Å². The van der Waals surface area contributed by atoms with Crippen LogP contribution in [-0.4, -0.2) is 67.1 Å². The minimum atomic E-state index is -2.82. The molecular weight excluding hydrogens is 342 g/mol. The number of benzene rings is 1. The van der Waals surface area contributed by atoms with Gasteiger partial charge in [-0.2, -0.15) is 0 Å². The predicted molar refractivity (Wildman–Crippen MR) is 102 cm³/mol. The molecule has 24 heavy (non-hydrogen) atoms. The van der Waals surface area contributed by atoms with E-state index < -0.39 is 9.84 Å². The summed E-state index contributed by atoms with van der Waals surface area (Å²) in [4.78, 5) is 4.48. The molecule has 0 aromatic heterocycles. The van der Waals surface area contributed by atoms with Crippen LogP contribution >= 0.6 is 12.2 Å². The van der Waals surface area contributed by atoms with Crippen LogP contribution < -0.4 is 5.32 Å². The van der Waals surface area contributed by atoms with Crippen LogP contribution in [0.4, 0.5) is 5.69 Å². The van der Waals surface area contributed by atoms with Crippen molar-refractivity contribution in [2.45, 2.75) is 26.3 Å². The van der Waals surface area contributed by atoms with E-state index in [2.05, 4.69) is 47.2 Å². The van der Waals surface area contributed by atoms with Crippen molar-refractivity contribution in [3.05, 3.63) is 29.3 Å². The first-order valence-electron chi connectivity index (χ1n) is 8.42. The molecule has 2 saturated heterocycles. The summed E-state index contributed by atoms with van der Waals surface area (Å²) in [5, 5.41) is 4.11. The van der Waals surface area contributed by atoms with E-state index >= 15 is 0 Å². The van der Waals surface area contributed by atoms with E-state index in [4.69, 9.17) is 12.2 Å². The normalized spacial score (nSPS) is 24.1. The summed E-state index contributed by atoms with van der Waals surface area (Å²) in [6.07, 6.45) is 0.771. The molecule has 7 heteroatoms. The standard InChI is InChI=1S/C17H25N3O2S2/c1-13-3-4-14(2)16(11-13)18-17(23)20-8-6-19(7-9-20)15-5-10-24(21,22)12-15/h3-4,11,15H,5-10,12H2,1-2H3,(H,18,23)/t15-/m1/s1. The predicted octanol–water partition coefficient (Wildman–Crippen LogP) is 1.80. The maximum atomic E-state index is 11.7. The zero-order valence-corrected chi connectivity index (χ0v) is 15.9. The minimum Gasteiger partial charge on any atom is -0.346 e. The van der Waals surface area contributed by atoms with Gasteiger partial charge in [-0.05, 0) is 49.7 Å². The highest BCUT2D eigenvalue weighted by Crippen LogP contribution is 2.20. The van der Waals surface area contributed by atoms with Gasteiger partial charge in [-0.25, -0.2) is 8.42 Å². The van der Waals surface area contributed by atoms with Crippen molar-refractivity contribution < 1.29 is 8.42 Å². The van der Waals surface area contributed by atoms with Gasteiger partial charge in [0.05, 0.1) is 11.5 Å². The van der Waals surface area contributed by atoms with Gasteiger partial charge in [0.1, 0.15) is 0 Å². The molecule has 2 heterocycles. The lowest BCUT2D eigenvalue weighted by Gasteiger charge is -2.38. The monoisotopic (exact) mass is 367 g/mol. The molecule has 1 atom stereocenters. The summed E-state index contributed by atoms with van der Waals surface area (Å²) in [7, 11) is -2.82. The molecule has 2 aliphatic heterocycles. The zero-order valence-electron chi connectivity index (χ0n) is 14.3. The number of aryl methyl sites for hydroxylation is 2. The number of hydrogen-bond donors (Lipinski definition) is 1. The number of anilines is 1. The van der Waals surface area contributed by atoms with E-state index in [1.165, 1.54) is 11.1 Å². The minimum absolute atomic E-state index is 0.192. The third-order valence-electron chi connectivity index (χ3n) is 4.96. The molecule has 1 aromatic rings. The molecule has 0 spiro atoms. The van der Waals surface area contributed by atoms with Crippen LogP contribution in [-0.2, 0) is 9.84 Å². The highest BCUT2D eigenvalue weighted by Gasteiger charge is 2.33. The Morgan fingerprint density at radius 2 is 1.92 bits per heavy atom. The molecule has 0 saturated carbocycles. The highest BCUT2D eigenvalue weighted by molar-refractivity contribution is 7.91. The third-order valence-corrected chi connectivity index (χ3v) is 7.07.